The van der Waals surface area contributed by atoms with Gasteiger partial charge in [0.15, 0.2) is 0 Å². The fraction of sp³-hybridized carbons (Fsp3) is 0.333. The molecule has 0 aliphatic rings. The van der Waals surface area contributed by atoms with Crippen molar-refractivity contribution in [3.8, 4) is 0 Å². The fourth-order valence-corrected chi connectivity index (χ4v) is 2.08. The molecule has 0 amide bonds. The number of sulfonamides is 1. The Morgan fingerprint density at radius 3 is 2.73 bits per heavy atom. The van der Waals surface area contributed by atoms with E-state index in [2.05, 4.69) is 10.0 Å². The molecule has 0 aliphatic carbocycles. The molecule has 6 heteroatoms. The van der Waals surface area contributed by atoms with Crippen molar-refractivity contribution < 1.29 is 12.8 Å². The molecule has 0 atom stereocenters. The monoisotopic (exact) mass is 232 g/mol. The van der Waals surface area contributed by atoms with Gasteiger partial charge in [-0.2, -0.15) is 0 Å². The number of hydrogen-bond donors (Lipinski definition) is 2. The molecule has 0 spiro atoms. The number of benzene rings is 1. The highest BCUT2D eigenvalue weighted by Crippen LogP contribution is 2.10. The van der Waals surface area contributed by atoms with Crippen molar-refractivity contribution in [2.45, 2.75) is 0 Å². The lowest BCUT2D eigenvalue weighted by molar-refractivity contribution is 0.598. The summed E-state index contributed by atoms with van der Waals surface area (Å²) in [6.07, 6.45) is 0. The number of anilines is 1. The zero-order chi connectivity index (χ0) is 11.3. The molecule has 0 aliphatic heterocycles. The second-order valence-electron chi connectivity index (χ2n) is 3.03. The minimum Gasteiger partial charge on any atom is -0.319 e. The standard InChI is InChI=1S/C9H13FN2O2S/c1-11-5-6-15(13,14)12-9-4-2-3-8(10)7-9/h2-4,7,11-12H,5-6H2,1H3. The first-order valence-corrected chi connectivity index (χ1v) is 6.09. The summed E-state index contributed by atoms with van der Waals surface area (Å²) in [5.41, 5.74) is 0.242. The highest BCUT2D eigenvalue weighted by Gasteiger charge is 2.09. The summed E-state index contributed by atoms with van der Waals surface area (Å²) < 4.78 is 37.8. The maximum Gasteiger partial charge on any atom is 0.233 e. The summed E-state index contributed by atoms with van der Waals surface area (Å²) in [7, 11) is -1.73. The van der Waals surface area contributed by atoms with E-state index in [4.69, 9.17) is 0 Å². The molecule has 0 saturated carbocycles. The maximum absolute atomic E-state index is 12.7. The van der Waals surface area contributed by atoms with Gasteiger partial charge in [0.1, 0.15) is 5.82 Å². The summed E-state index contributed by atoms with van der Waals surface area (Å²) in [4.78, 5) is 0. The number of rotatable bonds is 5. The number of halogens is 1. The van der Waals surface area contributed by atoms with Gasteiger partial charge in [0.25, 0.3) is 0 Å². The van der Waals surface area contributed by atoms with E-state index in [0.29, 0.717) is 6.54 Å². The minimum atomic E-state index is -3.39. The Kier molecular flexibility index (Phi) is 4.05. The van der Waals surface area contributed by atoms with E-state index < -0.39 is 15.8 Å². The van der Waals surface area contributed by atoms with Crippen molar-refractivity contribution in [3.05, 3.63) is 30.1 Å². The van der Waals surface area contributed by atoms with Crippen LogP contribution in [0.25, 0.3) is 0 Å². The molecule has 0 fully saturated rings. The first-order chi connectivity index (χ1) is 7.03. The van der Waals surface area contributed by atoms with Gasteiger partial charge in [-0.1, -0.05) is 6.07 Å². The van der Waals surface area contributed by atoms with Gasteiger partial charge < -0.3 is 5.32 Å². The summed E-state index contributed by atoms with van der Waals surface area (Å²) in [6.45, 7) is 0.352. The van der Waals surface area contributed by atoms with Crippen LogP contribution in [0.15, 0.2) is 24.3 Å². The Morgan fingerprint density at radius 2 is 2.13 bits per heavy atom. The Balaban J connectivity index is 2.69. The molecule has 0 bridgehead atoms. The Hall–Kier alpha value is -1.14. The molecule has 1 rings (SSSR count). The number of hydrogen-bond acceptors (Lipinski definition) is 3. The van der Waals surface area contributed by atoms with E-state index in [1.54, 1.807) is 7.05 Å². The van der Waals surface area contributed by atoms with Crippen molar-refractivity contribution in [3.63, 3.8) is 0 Å². The summed E-state index contributed by atoms with van der Waals surface area (Å²) in [5, 5.41) is 2.73. The van der Waals surface area contributed by atoms with Crippen LogP contribution in [0.2, 0.25) is 0 Å². The molecule has 0 unspecified atom stereocenters. The first-order valence-electron chi connectivity index (χ1n) is 4.44. The number of nitrogens with one attached hydrogen (secondary N) is 2. The Morgan fingerprint density at radius 1 is 1.40 bits per heavy atom. The Bertz CT molecular complexity index is 420. The van der Waals surface area contributed by atoms with Crippen LogP contribution in [0.1, 0.15) is 0 Å². The average Bonchev–Trinajstić information content (AvgIpc) is 2.14. The summed E-state index contributed by atoms with van der Waals surface area (Å²) >= 11 is 0. The van der Waals surface area contributed by atoms with Crippen molar-refractivity contribution in [1.29, 1.82) is 0 Å². The smallest absolute Gasteiger partial charge is 0.233 e. The average molecular weight is 232 g/mol. The van der Waals surface area contributed by atoms with Gasteiger partial charge in [0, 0.05) is 6.54 Å². The van der Waals surface area contributed by atoms with Crippen molar-refractivity contribution >= 4 is 15.7 Å². The molecule has 2 N–H and O–H groups in total. The molecule has 0 heterocycles. The largest absolute Gasteiger partial charge is 0.319 e. The second kappa shape index (κ2) is 5.09. The SMILES string of the molecule is CNCCS(=O)(=O)Nc1cccc(F)c1. The van der Waals surface area contributed by atoms with Gasteiger partial charge in [-0.05, 0) is 25.2 Å². The summed E-state index contributed by atoms with van der Waals surface area (Å²) in [5.74, 6) is -0.510. The summed E-state index contributed by atoms with van der Waals surface area (Å²) in [6, 6.07) is 5.34. The molecular formula is C9H13FN2O2S. The van der Waals surface area contributed by atoms with Crippen LogP contribution in [0, 0.1) is 5.82 Å². The van der Waals surface area contributed by atoms with E-state index >= 15 is 0 Å². The molecule has 4 nitrogen and oxygen atoms in total. The molecule has 15 heavy (non-hydrogen) atoms. The van der Waals surface area contributed by atoms with Gasteiger partial charge in [-0.3, -0.25) is 4.72 Å². The Labute approximate surface area is 88.6 Å². The van der Waals surface area contributed by atoms with Crippen molar-refractivity contribution in [1.82, 2.24) is 5.32 Å². The zero-order valence-corrected chi connectivity index (χ0v) is 9.14. The topological polar surface area (TPSA) is 58.2 Å². The minimum absolute atomic E-state index is 0.0417. The molecule has 0 saturated heterocycles. The van der Waals surface area contributed by atoms with E-state index in [0.717, 1.165) is 6.07 Å². The van der Waals surface area contributed by atoms with Crippen molar-refractivity contribution in [2.24, 2.45) is 0 Å². The predicted octanol–water partition coefficient (Wildman–Crippen LogP) is 0.787. The maximum atomic E-state index is 12.7. The molecular weight excluding hydrogens is 219 g/mol. The second-order valence-corrected chi connectivity index (χ2v) is 4.88. The van der Waals surface area contributed by atoms with Gasteiger partial charge in [-0.15, -0.1) is 0 Å². The van der Waals surface area contributed by atoms with Gasteiger partial charge in [-0.25, -0.2) is 12.8 Å². The molecule has 1 aromatic carbocycles. The highest BCUT2D eigenvalue weighted by molar-refractivity contribution is 7.92. The van der Waals surface area contributed by atoms with Crippen molar-refractivity contribution in [2.75, 3.05) is 24.1 Å². The zero-order valence-electron chi connectivity index (χ0n) is 8.33. The molecule has 0 radical (unpaired) electrons. The van der Waals surface area contributed by atoms with E-state index in [1.807, 2.05) is 0 Å². The molecule has 1 aromatic rings. The third-order valence-corrected chi connectivity index (χ3v) is 3.01. The fourth-order valence-electron chi connectivity index (χ4n) is 1.02. The van der Waals surface area contributed by atoms with Gasteiger partial charge >= 0.3 is 0 Å². The van der Waals surface area contributed by atoms with Crippen LogP contribution in [-0.2, 0) is 10.0 Å². The highest BCUT2D eigenvalue weighted by atomic mass is 32.2. The van der Waals surface area contributed by atoms with Crippen LogP contribution in [-0.4, -0.2) is 27.8 Å². The third kappa shape index (κ3) is 4.26. The van der Waals surface area contributed by atoms with E-state index in [-0.39, 0.29) is 11.4 Å². The van der Waals surface area contributed by atoms with Crippen LogP contribution in [0.4, 0.5) is 10.1 Å². The van der Waals surface area contributed by atoms with Crippen LogP contribution in [0.5, 0.6) is 0 Å². The first kappa shape index (κ1) is 11.9. The predicted molar refractivity (Wildman–Crippen MR) is 57.7 cm³/mol. The lowest BCUT2D eigenvalue weighted by atomic mass is 10.3. The third-order valence-electron chi connectivity index (χ3n) is 1.72. The van der Waals surface area contributed by atoms with Crippen LogP contribution >= 0.6 is 0 Å². The molecule has 84 valence electrons. The van der Waals surface area contributed by atoms with E-state index in [1.165, 1.54) is 18.2 Å². The van der Waals surface area contributed by atoms with Gasteiger partial charge in [0.2, 0.25) is 10.0 Å². The lowest BCUT2D eigenvalue weighted by Crippen LogP contribution is -2.24. The van der Waals surface area contributed by atoms with E-state index in [9.17, 15) is 12.8 Å². The van der Waals surface area contributed by atoms with Crippen LogP contribution < -0.4 is 10.0 Å². The lowest BCUT2D eigenvalue weighted by Gasteiger charge is -2.07. The molecule has 0 aromatic heterocycles. The normalized spacial score (nSPS) is 11.3. The quantitative estimate of drug-likeness (QED) is 0.789. The van der Waals surface area contributed by atoms with Gasteiger partial charge in [0.05, 0.1) is 11.4 Å². The van der Waals surface area contributed by atoms with Crippen LogP contribution in [0.3, 0.4) is 0 Å².